The minimum absolute atomic E-state index is 0.344. The predicted molar refractivity (Wildman–Crippen MR) is 74.9 cm³/mol. The van der Waals surface area contributed by atoms with Gasteiger partial charge in [-0.05, 0) is 50.1 Å². The van der Waals surface area contributed by atoms with Crippen molar-refractivity contribution in [3.63, 3.8) is 0 Å². The number of nitrogens with two attached hydrogens (primary N) is 1. The summed E-state index contributed by atoms with van der Waals surface area (Å²) in [6.07, 6.45) is 1.34. The highest BCUT2D eigenvalue weighted by Crippen LogP contribution is 2.31. The molecule has 94 valence electrons. The van der Waals surface area contributed by atoms with Gasteiger partial charge in [-0.25, -0.2) is 20.2 Å². The molecule has 18 heavy (non-hydrogen) atoms. The third-order valence-corrected chi connectivity index (χ3v) is 3.55. The first-order valence-electron chi connectivity index (χ1n) is 4.81. The number of nitrogen functional groups attached to an aromatic ring is 1. The first kappa shape index (κ1) is 13.2. The zero-order valence-corrected chi connectivity index (χ0v) is 12.1. The number of halogens is 3. The van der Waals surface area contributed by atoms with Crippen LogP contribution in [0.3, 0.4) is 0 Å². The van der Waals surface area contributed by atoms with E-state index >= 15 is 0 Å². The van der Waals surface area contributed by atoms with Crippen LogP contribution in [0, 0.1) is 5.82 Å². The highest BCUT2D eigenvalue weighted by Gasteiger charge is 2.09. The maximum Gasteiger partial charge on any atom is 0.159 e. The van der Waals surface area contributed by atoms with E-state index in [2.05, 4.69) is 52.6 Å². The van der Waals surface area contributed by atoms with Gasteiger partial charge < -0.3 is 10.7 Å². The fraction of sp³-hybridized carbons (Fsp3) is 0. The van der Waals surface area contributed by atoms with Gasteiger partial charge >= 0.3 is 0 Å². The van der Waals surface area contributed by atoms with E-state index in [1.54, 1.807) is 6.07 Å². The lowest BCUT2D eigenvalue weighted by molar-refractivity contribution is 0.628. The van der Waals surface area contributed by atoms with Crippen molar-refractivity contribution < 1.29 is 4.39 Å². The fourth-order valence-electron chi connectivity index (χ4n) is 1.28. The van der Waals surface area contributed by atoms with E-state index in [4.69, 9.17) is 5.84 Å². The molecule has 8 heteroatoms. The molecule has 0 saturated heterocycles. The van der Waals surface area contributed by atoms with Gasteiger partial charge in [0.1, 0.15) is 22.4 Å². The van der Waals surface area contributed by atoms with Crippen LogP contribution in [0.4, 0.5) is 21.7 Å². The number of nitrogens with zero attached hydrogens (tertiary/aromatic N) is 2. The van der Waals surface area contributed by atoms with E-state index in [1.165, 1.54) is 18.5 Å². The number of nitrogens with one attached hydrogen (secondary N) is 2. The minimum atomic E-state index is -0.344. The fourth-order valence-corrected chi connectivity index (χ4v) is 2.04. The Balaban J connectivity index is 2.37. The average molecular weight is 377 g/mol. The number of anilines is 3. The van der Waals surface area contributed by atoms with Gasteiger partial charge in [0, 0.05) is 4.47 Å². The SMILES string of the molecule is NNc1ncnc(Nc2cc(F)ccc2Br)c1Br. The summed E-state index contributed by atoms with van der Waals surface area (Å²) in [5.41, 5.74) is 2.98. The maximum atomic E-state index is 13.2. The second-order valence-electron chi connectivity index (χ2n) is 3.28. The zero-order valence-electron chi connectivity index (χ0n) is 8.92. The molecule has 5 nitrogen and oxygen atoms in total. The molecule has 2 aromatic rings. The van der Waals surface area contributed by atoms with Crippen molar-refractivity contribution in [3.8, 4) is 0 Å². The van der Waals surface area contributed by atoms with Gasteiger partial charge in [-0.15, -0.1) is 0 Å². The largest absolute Gasteiger partial charge is 0.338 e. The summed E-state index contributed by atoms with van der Waals surface area (Å²) < 4.78 is 14.4. The monoisotopic (exact) mass is 375 g/mol. The lowest BCUT2D eigenvalue weighted by atomic mass is 10.3. The molecule has 0 fully saturated rings. The number of rotatable bonds is 3. The highest BCUT2D eigenvalue weighted by atomic mass is 79.9. The van der Waals surface area contributed by atoms with E-state index in [0.29, 0.717) is 21.8 Å². The number of hydrogen-bond acceptors (Lipinski definition) is 5. The van der Waals surface area contributed by atoms with Crippen LogP contribution in [0.15, 0.2) is 33.5 Å². The van der Waals surface area contributed by atoms with Crippen molar-refractivity contribution in [1.29, 1.82) is 0 Å². The van der Waals surface area contributed by atoms with Crippen molar-refractivity contribution in [1.82, 2.24) is 9.97 Å². The molecule has 0 atom stereocenters. The Hall–Kier alpha value is -1.25. The lowest BCUT2D eigenvalue weighted by Crippen LogP contribution is -2.10. The Morgan fingerprint density at radius 3 is 2.61 bits per heavy atom. The number of benzene rings is 1. The van der Waals surface area contributed by atoms with E-state index in [-0.39, 0.29) is 5.82 Å². The molecule has 0 unspecified atom stereocenters. The van der Waals surface area contributed by atoms with Gasteiger partial charge in [-0.3, -0.25) is 0 Å². The normalized spacial score (nSPS) is 10.2. The summed E-state index contributed by atoms with van der Waals surface area (Å²) in [7, 11) is 0. The molecule has 0 bridgehead atoms. The summed E-state index contributed by atoms with van der Waals surface area (Å²) in [5.74, 6) is 5.86. The first-order valence-corrected chi connectivity index (χ1v) is 6.39. The molecule has 4 N–H and O–H groups in total. The average Bonchev–Trinajstić information content (AvgIpc) is 2.36. The van der Waals surface area contributed by atoms with Gasteiger partial charge in [-0.2, -0.15) is 0 Å². The van der Waals surface area contributed by atoms with Crippen LogP contribution in [0.1, 0.15) is 0 Å². The molecule has 0 spiro atoms. The molecule has 0 amide bonds. The molecule has 1 aromatic heterocycles. The van der Waals surface area contributed by atoms with Crippen LogP contribution in [-0.2, 0) is 0 Å². The number of hydrazine groups is 1. The van der Waals surface area contributed by atoms with Crippen LogP contribution in [0.2, 0.25) is 0 Å². The summed E-state index contributed by atoms with van der Waals surface area (Å²) in [5, 5.41) is 2.98. The van der Waals surface area contributed by atoms with Crippen molar-refractivity contribution in [3.05, 3.63) is 39.3 Å². The lowest BCUT2D eigenvalue weighted by Gasteiger charge is -2.11. The molecule has 0 aliphatic rings. The van der Waals surface area contributed by atoms with Crippen molar-refractivity contribution in [2.45, 2.75) is 0 Å². The van der Waals surface area contributed by atoms with E-state index < -0.39 is 0 Å². The van der Waals surface area contributed by atoms with E-state index in [9.17, 15) is 4.39 Å². The molecule has 0 aliphatic carbocycles. The van der Waals surface area contributed by atoms with Gasteiger partial charge in [-0.1, -0.05) is 0 Å². The Morgan fingerprint density at radius 1 is 1.17 bits per heavy atom. The second-order valence-corrected chi connectivity index (χ2v) is 4.93. The van der Waals surface area contributed by atoms with Gasteiger partial charge in [0.2, 0.25) is 0 Å². The molecule has 0 saturated carbocycles. The van der Waals surface area contributed by atoms with Crippen LogP contribution < -0.4 is 16.6 Å². The molecule has 0 aliphatic heterocycles. The van der Waals surface area contributed by atoms with Crippen LogP contribution in [0.25, 0.3) is 0 Å². The van der Waals surface area contributed by atoms with E-state index in [0.717, 1.165) is 4.47 Å². The molecular formula is C10H8Br2FN5. The topological polar surface area (TPSA) is 75.9 Å². The summed E-state index contributed by atoms with van der Waals surface area (Å²) in [6, 6.07) is 4.32. The molecular weight excluding hydrogens is 369 g/mol. The highest BCUT2D eigenvalue weighted by molar-refractivity contribution is 9.11. The van der Waals surface area contributed by atoms with Gasteiger partial charge in [0.25, 0.3) is 0 Å². The number of aromatic nitrogens is 2. The summed E-state index contributed by atoms with van der Waals surface area (Å²) in [4.78, 5) is 7.96. The third kappa shape index (κ3) is 2.77. The summed E-state index contributed by atoms with van der Waals surface area (Å²) >= 11 is 6.62. The second kappa shape index (κ2) is 5.59. The Morgan fingerprint density at radius 2 is 1.89 bits per heavy atom. The van der Waals surface area contributed by atoms with Gasteiger partial charge in [0.15, 0.2) is 5.82 Å². The third-order valence-electron chi connectivity index (χ3n) is 2.11. The van der Waals surface area contributed by atoms with Crippen molar-refractivity contribution in [2.24, 2.45) is 5.84 Å². The molecule has 2 rings (SSSR count). The van der Waals surface area contributed by atoms with Crippen molar-refractivity contribution in [2.75, 3.05) is 10.7 Å². The first-order chi connectivity index (χ1) is 8.61. The van der Waals surface area contributed by atoms with Crippen molar-refractivity contribution >= 4 is 49.2 Å². The Bertz CT molecular complexity index is 578. The predicted octanol–water partition coefficient (Wildman–Crippen LogP) is 3.17. The van der Waals surface area contributed by atoms with Crippen LogP contribution >= 0.6 is 31.9 Å². The molecule has 0 radical (unpaired) electrons. The maximum absolute atomic E-state index is 13.2. The molecule has 1 heterocycles. The minimum Gasteiger partial charge on any atom is -0.338 e. The van der Waals surface area contributed by atoms with Crippen LogP contribution in [0.5, 0.6) is 0 Å². The Labute approximate surface area is 119 Å². The number of hydrogen-bond donors (Lipinski definition) is 3. The van der Waals surface area contributed by atoms with Crippen LogP contribution in [-0.4, -0.2) is 9.97 Å². The zero-order chi connectivity index (χ0) is 13.1. The standard InChI is InChI=1S/C10H8Br2FN5/c11-6-2-1-5(13)3-7(6)17-9-8(12)10(18-14)16-4-15-9/h1-4H,14H2,(H2,15,16,17,18). The quantitative estimate of drug-likeness (QED) is 0.566. The summed E-state index contributed by atoms with van der Waals surface area (Å²) in [6.45, 7) is 0. The smallest absolute Gasteiger partial charge is 0.159 e. The Kier molecular flexibility index (Phi) is 4.10. The molecule has 1 aromatic carbocycles. The van der Waals surface area contributed by atoms with Gasteiger partial charge in [0.05, 0.1) is 5.69 Å². The van der Waals surface area contributed by atoms with E-state index in [1.807, 2.05) is 0 Å².